The third-order valence-corrected chi connectivity index (χ3v) is 4.19. The number of hydrogen-bond donors (Lipinski definition) is 0. The molecule has 2 heterocycles. The summed E-state index contributed by atoms with van der Waals surface area (Å²) >= 11 is 0. The fraction of sp³-hybridized carbons (Fsp3) is 0.316. The van der Waals surface area contributed by atoms with Crippen molar-refractivity contribution >= 4 is 0 Å². The zero-order valence-corrected chi connectivity index (χ0v) is 16.3. The second kappa shape index (κ2) is 7.50. The lowest BCUT2D eigenvalue weighted by Crippen LogP contribution is -2.44. The number of nitrogens with zero attached hydrogens (tertiary/aromatic N) is 4. The van der Waals surface area contributed by atoms with Gasteiger partial charge in [0.1, 0.15) is 17.3 Å². The predicted molar refractivity (Wildman–Crippen MR) is 95.0 cm³/mol. The second-order valence-corrected chi connectivity index (χ2v) is 7.13. The quantitative estimate of drug-likeness (QED) is 0.494. The first kappa shape index (κ1) is 22.5. The molecule has 3 aromatic rings. The summed E-state index contributed by atoms with van der Waals surface area (Å²) in [5.74, 6) is -2.61. The van der Waals surface area contributed by atoms with Crippen LogP contribution in [0.5, 0.6) is 5.75 Å². The van der Waals surface area contributed by atoms with Crippen LogP contribution in [0.3, 0.4) is 0 Å². The Morgan fingerprint density at radius 1 is 0.903 bits per heavy atom. The molecule has 0 spiro atoms. The minimum absolute atomic E-state index is 0.0402. The Bertz CT molecular complexity index is 1090. The van der Waals surface area contributed by atoms with E-state index in [1.807, 2.05) is 0 Å². The first-order chi connectivity index (χ1) is 14.2. The molecule has 0 atom stereocenters. The van der Waals surface area contributed by atoms with Crippen LogP contribution < -0.4 is 4.74 Å². The van der Waals surface area contributed by atoms with E-state index in [0.29, 0.717) is 5.69 Å². The van der Waals surface area contributed by atoms with Gasteiger partial charge in [0.05, 0.1) is 23.8 Å². The monoisotopic (exact) mass is 448 g/mol. The standard InChI is InChI=1S/C19H15F7N4O/c1-10-4-15(30(29-10)13-8-27-16(28-9-13)18(21,22)23)11-5-12(20)7-14(6-11)31-17(2,3)19(24,25)26/h4-9H,1-3H3. The average molecular weight is 448 g/mol. The summed E-state index contributed by atoms with van der Waals surface area (Å²) in [6.07, 6.45) is -7.68. The number of rotatable bonds is 4. The number of hydrogen-bond acceptors (Lipinski definition) is 4. The Labute approximate surface area is 171 Å². The third-order valence-electron chi connectivity index (χ3n) is 4.19. The first-order valence-corrected chi connectivity index (χ1v) is 8.70. The van der Waals surface area contributed by atoms with Crippen molar-refractivity contribution in [2.24, 2.45) is 0 Å². The zero-order chi connectivity index (χ0) is 23.2. The van der Waals surface area contributed by atoms with Gasteiger partial charge in [0, 0.05) is 11.6 Å². The van der Waals surface area contributed by atoms with Crippen molar-refractivity contribution in [2.75, 3.05) is 0 Å². The fourth-order valence-electron chi connectivity index (χ4n) is 2.60. The Kier molecular flexibility index (Phi) is 5.45. The first-order valence-electron chi connectivity index (χ1n) is 8.70. The molecule has 0 N–H and O–H groups in total. The second-order valence-electron chi connectivity index (χ2n) is 7.13. The van der Waals surface area contributed by atoms with Crippen LogP contribution in [0.4, 0.5) is 30.7 Å². The van der Waals surface area contributed by atoms with E-state index >= 15 is 0 Å². The molecule has 31 heavy (non-hydrogen) atoms. The summed E-state index contributed by atoms with van der Waals surface area (Å²) in [7, 11) is 0. The number of ether oxygens (including phenoxy) is 1. The Morgan fingerprint density at radius 3 is 2.06 bits per heavy atom. The molecule has 2 aromatic heterocycles. The number of aryl methyl sites for hydroxylation is 1. The van der Waals surface area contributed by atoms with Crippen LogP contribution in [-0.2, 0) is 6.18 Å². The van der Waals surface area contributed by atoms with E-state index in [2.05, 4.69) is 15.1 Å². The summed E-state index contributed by atoms with van der Waals surface area (Å²) in [5.41, 5.74) is -1.85. The third kappa shape index (κ3) is 4.78. The molecule has 0 bridgehead atoms. The van der Waals surface area contributed by atoms with Crippen molar-refractivity contribution in [3.63, 3.8) is 0 Å². The molecule has 12 heteroatoms. The topological polar surface area (TPSA) is 52.8 Å². The summed E-state index contributed by atoms with van der Waals surface area (Å²) in [6, 6.07) is 4.48. The van der Waals surface area contributed by atoms with Gasteiger partial charge in [-0.25, -0.2) is 19.0 Å². The molecule has 0 aliphatic heterocycles. The number of aromatic nitrogens is 4. The van der Waals surface area contributed by atoms with Crippen LogP contribution in [-0.4, -0.2) is 31.5 Å². The van der Waals surface area contributed by atoms with Crippen molar-refractivity contribution < 1.29 is 35.5 Å². The largest absolute Gasteiger partial charge is 0.478 e. The molecule has 3 rings (SSSR count). The van der Waals surface area contributed by atoms with E-state index in [0.717, 1.165) is 43.1 Å². The molecule has 0 saturated heterocycles. The molecule has 5 nitrogen and oxygen atoms in total. The molecular formula is C19H15F7N4O. The zero-order valence-electron chi connectivity index (χ0n) is 16.3. The van der Waals surface area contributed by atoms with E-state index in [1.54, 1.807) is 6.92 Å². The summed E-state index contributed by atoms with van der Waals surface area (Å²) < 4.78 is 97.7. The molecule has 166 valence electrons. The van der Waals surface area contributed by atoms with Gasteiger partial charge in [0.15, 0.2) is 5.60 Å². The summed E-state index contributed by atoms with van der Waals surface area (Å²) in [5, 5.41) is 4.13. The van der Waals surface area contributed by atoms with Crippen LogP contribution in [0.25, 0.3) is 16.9 Å². The van der Waals surface area contributed by atoms with Gasteiger partial charge in [0.2, 0.25) is 5.82 Å². The molecule has 0 amide bonds. The van der Waals surface area contributed by atoms with Gasteiger partial charge in [-0.15, -0.1) is 0 Å². The van der Waals surface area contributed by atoms with Crippen LogP contribution in [0, 0.1) is 12.7 Å². The summed E-state index contributed by atoms with van der Waals surface area (Å²) in [6.45, 7) is 3.17. The van der Waals surface area contributed by atoms with E-state index in [-0.39, 0.29) is 22.7 Å². The highest BCUT2D eigenvalue weighted by molar-refractivity contribution is 5.64. The number of benzene rings is 1. The molecule has 0 aliphatic rings. The van der Waals surface area contributed by atoms with Gasteiger partial charge in [-0.2, -0.15) is 31.4 Å². The van der Waals surface area contributed by atoms with E-state index in [9.17, 15) is 30.7 Å². The maximum Gasteiger partial charge on any atom is 0.451 e. The fourth-order valence-corrected chi connectivity index (χ4v) is 2.60. The summed E-state index contributed by atoms with van der Waals surface area (Å²) in [4.78, 5) is 6.52. The molecule has 0 fully saturated rings. The van der Waals surface area contributed by atoms with Crippen molar-refractivity contribution in [1.82, 2.24) is 19.7 Å². The van der Waals surface area contributed by atoms with Crippen molar-refractivity contribution in [1.29, 1.82) is 0 Å². The van der Waals surface area contributed by atoms with Crippen LogP contribution >= 0.6 is 0 Å². The Morgan fingerprint density at radius 2 is 1.52 bits per heavy atom. The lowest BCUT2D eigenvalue weighted by atomic mass is 10.1. The van der Waals surface area contributed by atoms with Crippen molar-refractivity contribution in [3.8, 4) is 22.7 Å². The molecule has 0 unspecified atom stereocenters. The van der Waals surface area contributed by atoms with Gasteiger partial charge < -0.3 is 4.74 Å². The number of alkyl halides is 6. The maximum absolute atomic E-state index is 14.2. The maximum atomic E-state index is 14.2. The van der Waals surface area contributed by atoms with Gasteiger partial charge in [0.25, 0.3) is 0 Å². The lowest BCUT2D eigenvalue weighted by molar-refractivity contribution is -0.234. The van der Waals surface area contributed by atoms with Crippen LogP contribution in [0.1, 0.15) is 25.4 Å². The van der Waals surface area contributed by atoms with E-state index < -0.39 is 29.6 Å². The number of halogens is 7. The lowest BCUT2D eigenvalue weighted by Gasteiger charge is -2.29. The normalized spacial score (nSPS) is 12.8. The van der Waals surface area contributed by atoms with E-state index in [1.165, 1.54) is 12.1 Å². The van der Waals surface area contributed by atoms with Crippen molar-refractivity contribution in [2.45, 2.75) is 38.7 Å². The van der Waals surface area contributed by atoms with Crippen LogP contribution in [0.2, 0.25) is 0 Å². The van der Waals surface area contributed by atoms with Gasteiger partial charge in [-0.1, -0.05) is 0 Å². The van der Waals surface area contributed by atoms with Gasteiger partial charge in [-0.05, 0) is 39.0 Å². The molecule has 1 aromatic carbocycles. The molecule has 0 radical (unpaired) electrons. The van der Waals surface area contributed by atoms with E-state index in [4.69, 9.17) is 4.74 Å². The molecule has 0 saturated carbocycles. The average Bonchev–Trinajstić information content (AvgIpc) is 3.01. The van der Waals surface area contributed by atoms with Crippen molar-refractivity contribution in [3.05, 3.63) is 54.0 Å². The highest BCUT2D eigenvalue weighted by Gasteiger charge is 2.50. The minimum Gasteiger partial charge on any atom is -0.478 e. The SMILES string of the molecule is Cc1cc(-c2cc(F)cc(OC(C)(C)C(F)(F)F)c2)n(-c2cnc(C(F)(F)F)nc2)n1. The highest BCUT2D eigenvalue weighted by Crippen LogP contribution is 2.36. The van der Waals surface area contributed by atoms with Crippen LogP contribution in [0.15, 0.2) is 36.7 Å². The van der Waals surface area contributed by atoms with Gasteiger partial charge in [-0.3, -0.25) is 0 Å². The Hall–Kier alpha value is -3.18. The van der Waals surface area contributed by atoms with Gasteiger partial charge >= 0.3 is 12.4 Å². The highest BCUT2D eigenvalue weighted by atomic mass is 19.4. The molecule has 0 aliphatic carbocycles. The minimum atomic E-state index is -4.73. The Balaban J connectivity index is 2.04. The predicted octanol–water partition coefficient (Wildman–Crippen LogP) is 5.52. The molecular weight excluding hydrogens is 433 g/mol. The smallest absolute Gasteiger partial charge is 0.451 e.